The number of nitrogens with two attached hydrogens (primary N) is 1. The Hall–Kier alpha value is -0.130. The normalized spacial score (nSPS) is 21.1. The molecule has 1 fully saturated rings. The first-order valence-electron chi connectivity index (χ1n) is 6.75. The van der Waals surface area contributed by atoms with Gasteiger partial charge in [0.15, 0.2) is 0 Å². The molecule has 5 heteroatoms. The predicted molar refractivity (Wildman–Crippen MR) is 71.3 cm³/mol. The second kappa shape index (κ2) is 6.71. The van der Waals surface area contributed by atoms with Crippen LogP contribution in [0.25, 0.3) is 0 Å². The minimum atomic E-state index is -3.16. The molecule has 0 amide bonds. The van der Waals surface area contributed by atoms with E-state index in [2.05, 4.69) is 4.72 Å². The van der Waals surface area contributed by atoms with Gasteiger partial charge in [0, 0.05) is 12.1 Å². The van der Waals surface area contributed by atoms with Crippen molar-refractivity contribution in [2.24, 2.45) is 5.73 Å². The fraction of sp³-hybridized carbons (Fsp3) is 1.00. The standard InChI is InChI=1S/C12H26N2O2S/c1-2-3-10-17(15,16)14-12(11-13)8-6-4-5-7-9-12/h14H,2-11,13H2,1H3. The molecule has 0 spiro atoms. The van der Waals surface area contributed by atoms with Crippen molar-refractivity contribution in [1.29, 1.82) is 0 Å². The second-order valence-corrected chi connectivity index (χ2v) is 7.02. The molecule has 0 radical (unpaired) electrons. The van der Waals surface area contributed by atoms with E-state index in [1.54, 1.807) is 0 Å². The van der Waals surface area contributed by atoms with Crippen molar-refractivity contribution in [3.05, 3.63) is 0 Å². The lowest BCUT2D eigenvalue weighted by atomic mass is 9.92. The van der Waals surface area contributed by atoms with Crippen molar-refractivity contribution < 1.29 is 8.42 Å². The highest BCUT2D eigenvalue weighted by Gasteiger charge is 2.33. The van der Waals surface area contributed by atoms with Crippen LogP contribution in [-0.4, -0.2) is 26.3 Å². The third-order valence-corrected chi connectivity index (χ3v) is 5.16. The van der Waals surface area contributed by atoms with Gasteiger partial charge in [0.1, 0.15) is 0 Å². The lowest BCUT2D eigenvalue weighted by molar-refractivity contribution is 0.342. The Kier molecular flexibility index (Phi) is 5.89. The maximum atomic E-state index is 12.0. The lowest BCUT2D eigenvalue weighted by Gasteiger charge is -2.32. The number of rotatable bonds is 6. The Bertz CT molecular complexity index is 306. The van der Waals surface area contributed by atoms with Gasteiger partial charge in [-0.05, 0) is 19.3 Å². The molecule has 0 aromatic rings. The zero-order valence-electron chi connectivity index (χ0n) is 10.9. The highest BCUT2D eigenvalue weighted by molar-refractivity contribution is 7.89. The maximum absolute atomic E-state index is 12.0. The number of hydrogen-bond donors (Lipinski definition) is 2. The van der Waals surface area contributed by atoms with Crippen LogP contribution >= 0.6 is 0 Å². The van der Waals surface area contributed by atoms with E-state index in [1.807, 2.05) is 6.92 Å². The van der Waals surface area contributed by atoms with Crippen LogP contribution in [0.4, 0.5) is 0 Å². The third kappa shape index (κ3) is 4.94. The zero-order valence-corrected chi connectivity index (χ0v) is 11.7. The van der Waals surface area contributed by atoms with Gasteiger partial charge >= 0.3 is 0 Å². The summed E-state index contributed by atoms with van der Waals surface area (Å²) in [6, 6.07) is 0. The van der Waals surface area contributed by atoms with Crippen molar-refractivity contribution in [1.82, 2.24) is 4.72 Å². The molecule has 0 aromatic heterocycles. The molecule has 0 bridgehead atoms. The summed E-state index contributed by atoms with van der Waals surface area (Å²) in [5.41, 5.74) is 5.44. The first-order valence-corrected chi connectivity index (χ1v) is 8.40. The molecule has 1 aliphatic carbocycles. The molecule has 0 aliphatic heterocycles. The average Bonchev–Trinajstić information content (AvgIpc) is 2.52. The van der Waals surface area contributed by atoms with Crippen molar-refractivity contribution in [2.45, 2.75) is 63.8 Å². The molecule has 102 valence electrons. The Labute approximate surface area is 105 Å². The van der Waals surface area contributed by atoms with Gasteiger partial charge in [0.25, 0.3) is 0 Å². The summed E-state index contributed by atoms with van der Waals surface area (Å²) in [5.74, 6) is 0.227. The van der Waals surface area contributed by atoms with Crippen molar-refractivity contribution >= 4 is 10.0 Å². The highest BCUT2D eigenvalue weighted by Crippen LogP contribution is 2.27. The zero-order chi connectivity index (χ0) is 12.8. The van der Waals surface area contributed by atoms with E-state index in [-0.39, 0.29) is 11.3 Å². The fourth-order valence-electron chi connectivity index (χ4n) is 2.47. The molecular weight excluding hydrogens is 236 g/mol. The predicted octanol–water partition coefficient (Wildman–Crippen LogP) is 1.76. The Morgan fingerprint density at radius 1 is 1.18 bits per heavy atom. The van der Waals surface area contributed by atoms with Crippen LogP contribution in [0.15, 0.2) is 0 Å². The molecule has 0 atom stereocenters. The Balaban J connectivity index is 2.66. The molecule has 0 saturated heterocycles. The summed E-state index contributed by atoms with van der Waals surface area (Å²) in [5, 5.41) is 0. The Morgan fingerprint density at radius 2 is 1.76 bits per heavy atom. The first kappa shape index (κ1) is 14.9. The fourth-order valence-corrected chi connectivity index (χ4v) is 4.19. The van der Waals surface area contributed by atoms with Gasteiger partial charge < -0.3 is 5.73 Å². The van der Waals surface area contributed by atoms with Crippen LogP contribution in [0.3, 0.4) is 0 Å². The van der Waals surface area contributed by atoms with Crippen LogP contribution in [0.2, 0.25) is 0 Å². The molecule has 1 aliphatic rings. The van der Waals surface area contributed by atoms with Gasteiger partial charge in [-0.2, -0.15) is 0 Å². The van der Waals surface area contributed by atoms with E-state index in [9.17, 15) is 8.42 Å². The van der Waals surface area contributed by atoms with E-state index in [1.165, 1.54) is 12.8 Å². The number of sulfonamides is 1. The summed E-state index contributed by atoms with van der Waals surface area (Å²) >= 11 is 0. The van der Waals surface area contributed by atoms with Crippen molar-refractivity contribution in [3.8, 4) is 0 Å². The van der Waals surface area contributed by atoms with E-state index in [4.69, 9.17) is 5.73 Å². The average molecular weight is 262 g/mol. The van der Waals surface area contributed by atoms with E-state index in [0.29, 0.717) is 6.54 Å². The Morgan fingerprint density at radius 3 is 2.24 bits per heavy atom. The highest BCUT2D eigenvalue weighted by atomic mass is 32.2. The van der Waals surface area contributed by atoms with Crippen LogP contribution in [0.5, 0.6) is 0 Å². The largest absolute Gasteiger partial charge is 0.329 e. The van der Waals surface area contributed by atoms with Gasteiger partial charge in [-0.25, -0.2) is 13.1 Å². The second-order valence-electron chi connectivity index (χ2n) is 5.17. The van der Waals surface area contributed by atoms with E-state index in [0.717, 1.165) is 38.5 Å². The molecule has 3 N–H and O–H groups in total. The number of hydrogen-bond acceptors (Lipinski definition) is 3. The molecule has 1 saturated carbocycles. The van der Waals surface area contributed by atoms with Gasteiger partial charge in [0.05, 0.1) is 5.75 Å². The molecule has 17 heavy (non-hydrogen) atoms. The molecule has 0 unspecified atom stereocenters. The van der Waals surface area contributed by atoms with Gasteiger partial charge in [-0.15, -0.1) is 0 Å². The lowest BCUT2D eigenvalue weighted by Crippen LogP contribution is -2.53. The summed E-state index contributed by atoms with van der Waals surface area (Å²) in [7, 11) is -3.16. The molecule has 4 nitrogen and oxygen atoms in total. The smallest absolute Gasteiger partial charge is 0.212 e. The van der Waals surface area contributed by atoms with Crippen molar-refractivity contribution in [3.63, 3.8) is 0 Å². The molecule has 0 aromatic carbocycles. The van der Waals surface area contributed by atoms with E-state index >= 15 is 0 Å². The molecular formula is C12H26N2O2S. The van der Waals surface area contributed by atoms with Crippen LogP contribution in [0, 0.1) is 0 Å². The SMILES string of the molecule is CCCCS(=O)(=O)NC1(CN)CCCCCC1. The van der Waals surface area contributed by atoms with Crippen molar-refractivity contribution in [2.75, 3.05) is 12.3 Å². The summed E-state index contributed by atoms with van der Waals surface area (Å²) in [6.45, 7) is 2.41. The summed E-state index contributed by atoms with van der Waals surface area (Å²) in [4.78, 5) is 0. The quantitative estimate of drug-likeness (QED) is 0.716. The molecule has 0 heterocycles. The minimum absolute atomic E-state index is 0.227. The third-order valence-electron chi connectivity index (χ3n) is 3.59. The molecule has 1 rings (SSSR count). The minimum Gasteiger partial charge on any atom is -0.329 e. The van der Waals surface area contributed by atoms with Gasteiger partial charge in [0.2, 0.25) is 10.0 Å². The number of unbranched alkanes of at least 4 members (excludes halogenated alkanes) is 1. The van der Waals surface area contributed by atoms with Crippen LogP contribution in [-0.2, 0) is 10.0 Å². The topological polar surface area (TPSA) is 72.2 Å². The summed E-state index contributed by atoms with van der Waals surface area (Å²) < 4.78 is 26.8. The maximum Gasteiger partial charge on any atom is 0.212 e. The monoisotopic (exact) mass is 262 g/mol. The van der Waals surface area contributed by atoms with E-state index < -0.39 is 10.0 Å². The van der Waals surface area contributed by atoms with Gasteiger partial charge in [-0.3, -0.25) is 0 Å². The van der Waals surface area contributed by atoms with Crippen LogP contribution < -0.4 is 10.5 Å². The van der Waals surface area contributed by atoms with Gasteiger partial charge in [-0.1, -0.05) is 39.0 Å². The summed E-state index contributed by atoms with van der Waals surface area (Å²) in [6.07, 6.45) is 7.92. The number of nitrogens with one attached hydrogen (secondary N) is 1. The van der Waals surface area contributed by atoms with Crippen LogP contribution in [0.1, 0.15) is 58.3 Å². The first-order chi connectivity index (χ1) is 8.04.